The number of alkyl halides is 1. The van der Waals surface area contributed by atoms with Gasteiger partial charge in [-0.25, -0.2) is 0 Å². The minimum absolute atomic E-state index is 0.845. The minimum atomic E-state index is 0.845. The molecule has 1 fully saturated rings. The fourth-order valence-electron chi connectivity index (χ4n) is 2.13. The van der Waals surface area contributed by atoms with Gasteiger partial charge in [0.1, 0.15) is 0 Å². The third kappa shape index (κ3) is 3.08. The van der Waals surface area contributed by atoms with E-state index in [0.717, 1.165) is 24.5 Å². The van der Waals surface area contributed by atoms with Gasteiger partial charge in [0, 0.05) is 24.5 Å². The molecule has 2 rings (SSSR count). The molecule has 1 aromatic rings. The summed E-state index contributed by atoms with van der Waals surface area (Å²) >= 11 is 3.55. The van der Waals surface area contributed by atoms with Crippen LogP contribution in [0.1, 0.15) is 29.5 Å². The highest BCUT2D eigenvalue weighted by atomic mass is 79.9. The lowest BCUT2D eigenvalue weighted by Gasteiger charge is -2.22. The summed E-state index contributed by atoms with van der Waals surface area (Å²) < 4.78 is 0. The summed E-state index contributed by atoms with van der Waals surface area (Å²) in [6, 6.07) is 7.62. The van der Waals surface area contributed by atoms with Crippen LogP contribution in [0.3, 0.4) is 0 Å². The van der Waals surface area contributed by atoms with Gasteiger partial charge in [-0.1, -0.05) is 39.7 Å². The van der Waals surface area contributed by atoms with Crippen LogP contribution in [0.2, 0.25) is 0 Å². The molecule has 16 heavy (non-hydrogen) atoms. The van der Waals surface area contributed by atoms with Crippen molar-refractivity contribution in [1.29, 1.82) is 0 Å². The summed E-state index contributed by atoms with van der Waals surface area (Å²) in [5.41, 5.74) is 4.29. The summed E-state index contributed by atoms with van der Waals surface area (Å²) in [6.07, 6.45) is 2.77. The summed E-state index contributed by atoms with van der Waals surface area (Å²) in [4.78, 5) is 2.61. The SMILES string of the molecule is Cc1ccc(C)c(CN(CCBr)C2CC2)c1. The van der Waals surface area contributed by atoms with Crippen molar-refractivity contribution in [1.82, 2.24) is 4.90 Å². The van der Waals surface area contributed by atoms with Gasteiger partial charge in [0.15, 0.2) is 0 Å². The van der Waals surface area contributed by atoms with Gasteiger partial charge in [0.05, 0.1) is 0 Å². The van der Waals surface area contributed by atoms with Gasteiger partial charge >= 0.3 is 0 Å². The fourth-order valence-corrected chi connectivity index (χ4v) is 2.58. The van der Waals surface area contributed by atoms with E-state index < -0.39 is 0 Å². The van der Waals surface area contributed by atoms with Crippen LogP contribution in [0.5, 0.6) is 0 Å². The topological polar surface area (TPSA) is 3.24 Å². The predicted octanol–water partition coefficient (Wildman–Crippen LogP) is 3.66. The third-order valence-electron chi connectivity index (χ3n) is 3.31. The summed E-state index contributed by atoms with van der Waals surface area (Å²) in [5.74, 6) is 0. The van der Waals surface area contributed by atoms with E-state index in [9.17, 15) is 0 Å². The first kappa shape index (κ1) is 12.1. The van der Waals surface area contributed by atoms with E-state index in [1.807, 2.05) is 0 Å². The second-order valence-electron chi connectivity index (χ2n) is 4.82. The van der Waals surface area contributed by atoms with E-state index in [1.165, 1.54) is 29.5 Å². The lowest BCUT2D eigenvalue weighted by Crippen LogP contribution is -2.27. The molecule has 0 bridgehead atoms. The van der Waals surface area contributed by atoms with Crippen molar-refractivity contribution in [2.75, 3.05) is 11.9 Å². The lowest BCUT2D eigenvalue weighted by molar-refractivity contribution is 0.272. The van der Waals surface area contributed by atoms with Gasteiger partial charge < -0.3 is 0 Å². The average molecular weight is 282 g/mol. The van der Waals surface area contributed by atoms with Gasteiger partial charge in [-0.15, -0.1) is 0 Å². The first-order valence-corrected chi connectivity index (χ1v) is 7.19. The summed E-state index contributed by atoms with van der Waals surface area (Å²) in [7, 11) is 0. The van der Waals surface area contributed by atoms with Crippen LogP contribution < -0.4 is 0 Å². The fraction of sp³-hybridized carbons (Fsp3) is 0.571. The smallest absolute Gasteiger partial charge is 0.0239 e. The average Bonchev–Trinajstić information content (AvgIpc) is 3.06. The zero-order chi connectivity index (χ0) is 11.5. The van der Waals surface area contributed by atoms with E-state index in [4.69, 9.17) is 0 Å². The Hall–Kier alpha value is -0.340. The molecule has 1 aromatic carbocycles. The molecule has 1 aliphatic carbocycles. The molecule has 0 atom stereocenters. The van der Waals surface area contributed by atoms with Crippen molar-refractivity contribution < 1.29 is 0 Å². The van der Waals surface area contributed by atoms with Crippen molar-refractivity contribution in [2.45, 2.75) is 39.3 Å². The second-order valence-corrected chi connectivity index (χ2v) is 5.61. The van der Waals surface area contributed by atoms with Crippen LogP contribution in [0.25, 0.3) is 0 Å². The van der Waals surface area contributed by atoms with E-state index in [2.05, 4.69) is 52.9 Å². The van der Waals surface area contributed by atoms with Crippen LogP contribution in [0.4, 0.5) is 0 Å². The summed E-state index contributed by atoms with van der Waals surface area (Å²) in [6.45, 7) is 6.67. The van der Waals surface area contributed by atoms with Crippen LogP contribution in [-0.4, -0.2) is 22.8 Å². The standard InChI is InChI=1S/C14H20BrN/c1-11-3-4-12(2)13(9-11)10-16(8-7-15)14-5-6-14/h3-4,9,14H,5-8,10H2,1-2H3. The number of aryl methyl sites for hydroxylation is 2. The van der Waals surface area contributed by atoms with E-state index in [-0.39, 0.29) is 0 Å². The van der Waals surface area contributed by atoms with E-state index in [0.29, 0.717) is 0 Å². The second kappa shape index (κ2) is 5.33. The number of nitrogens with zero attached hydrogens (tertiary/aromatic N) is 1. The quantitative estimate of drug-likeness (QED) is 0.745. The number of halogens is 1. The molecule has 1 aliphatic rings. The van der Waals surface area contributed by atoms with Gasteiger partial charge in [-0.05, 0) is 37.8 Å². The number of hydrogen-bond donors (Lipinski definition) is 0. The van der Waals surface area contributed by atoms with E-state index >= 15 is 0 Å². The van der Waals surface area contributed by atoms with Crippen molar-refractivity contribution in [3.63, 3.8) is 0 Å². The number of rotatable bonds is 5. The largest absolute Gasteiger partial charge is 0.295 e. The molecule has 0 saturated heterocycles. The van der Waals surface area contributed by atoms with Crippen molar-refractivity contribution in [2.24, 2.45) is 0 Å². The monoisotopic (exact) mass is 281 g/mol. The molecule has 0 aromatic heterocycles. The predicted molar refractivity (Wildman–Crippen MR) is 73.1 cm³/mol. The Bertz CT molecular complexity index is 358. The van der Waals surface area contributed by atoms with Gasteiger partial charge in [0.25, 0.3) is 0 Å². The molecule has 1 nitrogen and oxygen atoms in total. The van der Waals surface area contributed by atoms with E-state index in [1.54, 1.807) is 0 Å². The van der Waals surface area contributed by atoms with Crippen molar-refractivity contribution >= 4 is 15.9 Å². The maximum Gasteiger partial charge on any atom is 0.0239 e. The molecular formula is C14H20BrN. The normalized spacial score (nSPS) is 15.8. The molecule has 0 aliphatic heterocycles. The van der Waals surface area contributed by atoms with Crippen LogP contribution in [0.15, 0.2) is 18.2 Å². The molecular weight excluding hydrogens is 262 g/mol. The van der Waals surface area contributed by atoms with Crippen molar-refractivity contribution in [3.8, 4) is 0 Å². The van der Waals surface area contributed by atoms with Crippen LogP contribution >= 0.6 is 15.9 Å². The molecule has 88 valence electrons. The highest BCUT2D eigenvalue weighted by Crippen LogP contribution is 2.28. The molecule has 1 saturated carbocycles. The van der Waals surface area contributed by atoms with Crippen LogP contribution in [-0.2, 0) is 6.54 Å². The molecule has 0 N–H and O–H groups in total. The molecule has 0 heterocycles. The molecule has 0 unspecified atom stereocenters. The number of benzene rings is 1. The number of hydrogen-bond acceptors (Lipinski definition) is 1. The highest BCUT2D eigenvalue weighted by Gasteiger charge is 2.28. The highest BCUT2D eigenvalue weighted by molar-refractivity contribution is 9.09. The maximum absolute atomic E-state index is 3.55. The lowest BCUT2D eigenvalue weighted by atomic mass is 10.1. The Labute approximate surface area is 107 Å². The van der Waals surface area contributed by atoms with Crippen LogP contribution in [0, 0.1) is 13.8 Å². The van der Waals surface area contributed by atoms with Gasteiger partial charge in [-0.2, -0.15) is 0 Å². The first-order chi connectivity index (χ1) is 7.70. The Kier molecular flexibility index (Phi) is 4.04. The zero-order valence-corrected chi connectivity index (χ0v) is 11.8. The molecule has 2 heteroatoms. The Morgan fingerprint density at radius 1 is 1.31 bits per heavy atom. The Morgan fingerprint density at radius 3 is 2.69 bits per heavy atom. The van der Waals surface area contributed by atoms with Gasteiger partial charge in [0.2, 0.25) is 0 Å². The molecule has 0 radical (unpaired) electrons. The summed E-state index contributed by atoms with van der Waals surface area (Å²) in [5, 5.41) is 1.08. The first-order valence-electron chi connectivity index (χ1n) is 6.07. The molecule has 0 amide bonds. The Morgan fingerprint density at radius 2 is 2.06 bits per heavy atom. The zero-order valence-electron chi connectivity index (χ0n) is 10.2. The third-order valence-corrected chi connectivity index (χ3v) is 3.67. The minimum Gasteiger partial charge on any atom is -0.295 e. The maximum atomic E-state index is 3.55. The Balaban J connectivity index is 2.08. The van der Waals surface area contributed by atoms with Crippen molar-refractivity contribution in [3.05, 3.63) is 34.9 Å². The molecule has 0 spiro atoms. The van der Waals surface area contributed by atoms with Gasteiger partial charge in [-0.3, -0.25) is 4.90 Å².